The number of alkyl halides is 3. The molecule has 27 heavy (non-hydrogen) atoms. The first-order valence-electron chi connectivity index (χ1n) is 7.65. The van der Waals surface area contributed by atoms with Crippen LogP contribution in [0.3, 0.4) is 0 Å². The zero-order valence-corrected chi connectivity index (χ0v) is 16.8. The van der Waals surface area contributed by atoms with E-state index in [2.05, 4.69) is 26.4 Å². The van der Waals surface area contributed by atoms with Gasteiger partial charge in [0, 0.05) is 17.1 Å². The van der Waals surface area contributed by atoms with E-state index < -0.39 is 12.7 Å². The third kappa shape index (κ3) is 9.50. The van der Waals surface area contributed by atoms with Gasteiger partial charge in [0.25, 0.3) is 0 Å². The highest BCUT2D eigenvalue weighted by atomic mass is 35.5. The number of benzene rings is 1. The van der Waals surface area contributed by atoms with E-state index in [1.54, 1.807) is 31.2 Å². The molecule has 1 rings (SSSR count). The topological polar surface area (TPSA) is 72.8 Å². The molecule has 0 heterocycles. The highest BCUT2D eigenvalue weighted by Crippen LogP contribution is 2.12. The van der Waals surface area contributed by atoms with E-state index in [1.807, 2.05) is 12.2 Å². The highest BCUT2D eigenvalue weighted by molar-refractivity contribution is 7.80. The molecular formula is C15H18ClF3N6S2. The summed E-state index contributed by atoms with van der Waals surface area (Å²) in [6, 6.07) is 6.68. The van der Waals surface area contributed by atoms with Crippen molar-refractivity contribution in [1.29, 1.82) is 0 Å². The average molecular weight is 439 g/mol. The van der Waals surface area contributed by atoms with Gasteiger partial charge in [-0.15, -0.1) is 0 Å². The van der Waals surface area contributed by atoms with Gasteiger partial charge in [-0.2, -0.15) is 23.4 Å². The highest BCUT2D eigenvalue weighted by Gasteiger charge is 2.27. The quantitative estimate of drug-likeness (QED) is 0.311. The Hall–Kier alpha value is -1.98. The fourth-order valence-electron chi connectivity index (χ4n) is 1.68. The molecule has 0 fully saturated rings. The molecule has 0 bridgehead atoms. The van der Waals surface area contributed by atoms with Gasteiger partial charge in [0.1, 0.15) is 12.3 Å². The first-order chi connectivity index (χ1) is 12.6. The van der Waals surface area contributed by atoms with E-state index in [0.29, 0.717) is 33.7 Å². The van der Waals surface area contributed by atoms with Gasteiger partial charge in [-0.3, -0.25) is 10.9 Å². The number of nitrogens with zero attached hydrogens (tertiary/aromatic N) is 2. The summed E-state index contributed by atoms with van der Waals surface area (Å²) in [6.45, 7) is 2.89. The number of thiocarbonyl (C=S) groups is 2. The summed E-state index contributed by atoms with van der Waals surface area (Å²) in [5, 5.41) is 13.7. The van der Waals surface area contributed by atoms with Crippen LogP contribution in [0.25, 0.3) is 0 Å². The van der Waals surface area contributed by atoms with E-state index in [4.69, 9.17) is 36.0 Å². The molecule has 0 unspecified atom stereocenters. The third-order valence-electron chi connectivity index (χ3n) is 2.84. The lowest BCUT2D eigenvalue weighted by molar-refractivity contribution is -0.122. The molecule has 0 spiro atoms. The van der Waals surface area contributed by atoms with E-state index >= 15 is 0 Å². The van der Waals surface area contributed by atoms with Crippen LogP contribution in [0.2, 0.25) is 5.02 Å². The van der Waals surface area contributed by atoms with Crippen LogP contribution in [0.15, 0.2) is 34.5 Å². The number of hydrazone groups is 2. The maximum atomic E-state index is 12.2. The molecule has 148 valence electrons. The normalized spacial score (nSPS) is 12.4. The first-order valence-corrected chi connectivity index (χ1v) is 8.84. The molecule has 6 nitrogen and oxygen atoms in total. The summed E-state index contributed by atoms with van der Waals surface area (Å²) in [4.78, 5) is 0. The van der Waals surface area contributed by atoms with Gasteiger partial charge in [-0.25, -0.2) is 0 Å². The molecule has 4 N–H and O–H groups in total. The summed E-state index contributed by atoms with van der Waals surface area (Å²) in [6.07, 6.45) is -4.39. The molecule has 1 aromatic carbocycles. The van der Waals surface area contributed by atoms with Crippen molar-refractivity contribution in [3.05, 3.63) is 34.9 Å². The molecule has 12 heteroatoms. The summed E-state index contributed by atoms with van der Waals surface area (Å²) < 4.78 is 36.7. The molecular weight excluding hydrogens is 421 g/mol. The van der Waals surface area contributed by atoms with E-state index in [0.717, 1.165) is 0 Å². The fourth-order valence-corrected chi connectivity index (χ4v) is 2.11. The minimum absolute atomic E-state index is 0.275. The number of rotatable bonds is 6. The van der Waals surface area contributed by atoms with Crippen LogP contribution in [0.4, 0.5) is 13.2 Å². The lowest BCUT2D eigenvalue weighted by Crippen LogP contribution is -2.39. The summed E-state index contributed by atoms with van der Waals surface area (Å²) in [7, 11) is 0. The van der Waals surface area contributed by atoms with Gasteiger partial charge >= 0.3 is 6.18 Å². The van der Waals surface area contributed by atoms with Gasteiger partial charge in [0.15, 0.2) is 10.2 Å². The number of halogens is 4. The van der Waals surface area contributed by atoms with E-state index in [-0.39, 0.29) is 5.11 Å². The second kappa shape index (κ2) is 11.0. The summed E-state index contributed by atoms with van der Waals surface area (Å²) in [5.41, 5.74) is 6.42. The first kappa shape index (κ1) is 23.1. The standard InChI is InChI=1S/C15H18ClF3N6S2/c1-3-20-13(26)24-22-9(2)12(10-4-6-11(16)7-5-10)23-25-14(27)21-8-15(17,18)19/h4-7H,3,8H2,1-2H3,(H2,20,24,26)(H2,21,25,27). The monoisotopic (exact) mass is 438 g/mol. The lowest BCUT2D eigenvalue weighted by Gasteiger charge is -2.12. The molecule has 0 aliphatic rings. The molecule has 0 saturated carbocycles. The lowest BCUT2D eigenvalue weighted by atomic mass is 10.1. The molecule has 0 aliphatic heterocycles. The zero-order chi connectivity index (χ0) is 20.4. The Kier molecular flexibility index (Phi) is 9.39. The Morgan fingerprint density at radius 3 is 2.15 bits per heavy atom. The van der Waals surface area contributed by atoms with Crippen LogP contribution in [0.5, 0.6) is 0 Å². The van der Waals surface area contributed by atoms with Crippen molar-refractivity contribution in [2.75, 3.05) is 13.1 Å². The molecule has 0 aromatic heterocycles. The van der Waals surface area contributed by atoms with Crippen molar-refractivity contribution in [3.8, 4) is 0 Å². The van der Waals surface area contributed by atoms with Gasteiger partial charge in [-0.05, 0) is 50.4 Å². The largest absolute Gasteiger partial charge is 0.405 e. The predicted octanol–water partition coefficient (Wildman–Crippen LogP) is 2.93. The zero-order valence-electron chi connectivity index (χ0n) is 14.4. The molecule has 0 radical (unpaired) electrons. The van der Waals surface area contributed by atoms with Gasteiger partial charge in [0.05, 0.1) is 5.71 Å². The van der Waals surface area contributed by atoms with Crippen LogP contribution < -0.4 is 21.5 Å². The minimum Gasteiger partial charge on any atom is -0.362 e. The van der Waals surface area contributed by atoms with E-state index in [9.17, 15) is 13.2 Å². The second-order valence-electron chi connectivity index (χ2n) is 5.05. The SMILES string of the molecule is CCNC(=S)NN=C(C)C(=NNC(=S)NCC(F)(F)F)c1ccc(Cl)cc1. The van der Waals surface area contributed by atoms with Crippen molar-refractivity contribution in [3.63, 3.8) is 0 Å². The smallest absolute Gasteiger partial charge is 0.362 e. The van der Waals surface area contributed by atoms with Crippen molar-refractivity contribution in [2.24, 2.45) is 10.2 Å². The Bertz CT molecular complexity index is 719. The van der Waals surface area contributed by atoms with Crippen molar-refractivity contribution < 1.29 is 13.2 Å². The second-order valence-corrected chi connectivity index (χ2v) is 6.30. The fraction of sp³-hybridized carbons (Fsp3) is 0.333. The van der Waals surface area contributed by atoms with Crippen molar-refractivity contribution in [2.45, 2.75) is 20.0 Å². The maximum Gasteiger partial charge on any atom is 0.405 e. The van der Waals surface area contributed by atoms with Gasteiger partial charge in [0.2, 0.25) is 0 Å². The van der Waals surface area contributed by atoms with E-state index in [1.165, 1.54) is 0 Å². The van der Waals surface area contributed by atoms with Crippen LogP contribution in [0.1, 0.15) is 19.4 Å². The van der Waals surface area contributed by atoms with Crippen LogP contribution in [0, 0.1) is 0 Å². The summed E-state index contributed by atoms with van der Waals surface area (Å²) >= 11 is 15.7. The average Bonchev–Trinajstić information content (AvgIpc) is 2.59. The Morgan fingerprint density at radius 2 is 1.59 bits per heavy atom. The Balaban J connectivity index is 2.97. The van der Waals surface area contributed by atoms with Crippen LogP contribution in [-0.2, 0) is 0 Å². The maximum absolute atomic E-state index is 12.2. The number of nitrogens with one attached hydrogen (secondary N) is 4. The van der Waals surface area contributed by atoms with Crippen molar-refractivity contribution >= 4 is 57.7 Å². The Morgan fingerprint density at radius 1 is 1.04 bits per heavy atom. The molecule has 0 atom stereocenters. The predicted molar refractivity (Wildman–Crippen MR) is 110 cm³/mol. The Labute approximate surface area is 170 Å². The number of hydrogen-bond acceptors (Lipinski definition) is 4. The van der Waals surface area contributed by atoms with Gasteiger partial charge < -0.3 is 10.6 Å². The molecule has 0 aliphatic carbocycles. The van der Waals surface area contributed by atoms with Crippen LogP contribution in [-0.4, -0.2) is 40.9 Å². The van der Waals surface area contributed by atoms with Crippen molar-refractivity contribution in [1.82, 2.24) is 21.5 Å². The molecule has 1 aromatic rings. The molecule has 0 saturated heterocycles. The minimum atomic E-state index is -4.39. The summed E-state index contributed by atoms with van der Waals surface area (Å²) in [5.74, 6) is 0. The molecule has 0 amide bonds. The van der Waals surface area contributed by atoms with Crippen LogP contribution >= 0.6 is 36.0 Å². The third-order valence-corrected chi connectivity index (χ3v) is 3.56. The number of hydrogen-bond donors (Lipinski definition) is 4. The van der Waals surface area contributed by atoms with Gasteiger partial charge in [-0.1, -0.05) is 23.7 Å².